The molecule has 0 amide bonds. The molecule has 0 saturated heterocycles. The van der Waals surface area contributed by atoms with Gasteiger partial charge in [0, 0.05) is 34.1 Å². The van der Waals surface area contributed by atoms with Crippen molar-refractivity contribution < 1.29 is 19.1 Å². The van der Waals surface area contributed by atoms with E-state index in [1.807, 2.05) is 102 Å². The SMILES string of the molecule is Cc1ccc([C@@H]2C(=C(/OC(=O)C(C)(C)C)c3ccccc3)/C(=C(\OC(=O)C(C)(C)C)c3ccccc3)[C@H]2c2ccc(C)cc2)cc1. The summed E-state index contributed by atoms with van der Waals surface area (Å²) in [6.07, 6.45) is 0. The van der Waals surface area contributed by atoms with E-state index in [1.165, 1.54) is 0 Å². The summed E-state index contributed by atoms with van der Waals surface area (Å²) in [5.41, 5.74) is 6.22. The molecular weight excluding hydrogens is 568 g/mol. The minimum absolute atomic E-state index is 0.187. The topological polar surface area (TPSA) is 52.6 Å². The van der Waals surface area contributed by atoms with E-state index >= 15 is 0 Å². The van der Waals surface area contributed by atoms with Crippen molar-refractivity contribution in [1.29, 1.82) is 0 Å². The predicted molar refractivity (Wildman–Crippen MR) is 186 cm³/mol. The Bertz CT molecular complexity index is 1630. The second kappa shape index (κ2) is 13.0. The number of hydrogen-bond acceptors (Lipinski definition) is 4. The van der Waals surface area contributed by atoms with Gasteiger partial charge >= 0.3 is 11.9 Å². The zero-order valence-electron chi connectivity index (χ0n) is 28.2. The summed E-state index contributed by atoms with van der Waals surface area (Å²) in [7, 11) is 0. The van der Waals surface area contributed by atoms with Gasteiger partial charge in [-0.05, 0) is 66.5 Å². The van der Waals surface area contributed by atoms with Crippen molar-refractivity contribution in [3.63, 3.8) is 0 Å². The minimum Gasteiger partial charge on any atom is -0.425 e. The van der Waals surface area contributed by atoms with Crippen LogP contribution in [-0.4, -0.2) is 11.9 Å². The van der Waals surface area contributed by atoms with E-state index in [1.54, 1.807) is 0 Å². The van der Waals surface area contributed by atoms with Crippen molar-refractivity contribution in [2.24, 2.45) is 10.8 Å². The number of hydrogen-bond donors (Lipinski definition) is 0. The average molecular weight is 613 g/mol. The van der Waals surface area contributed by atoms with Crippen LogP contribution in [0.2, 0.25) is 0 Å². The first-order valence-electron chi connectivity index (χ1n) is 15.9. The highest BCUT2D eigenvalue weighted by molar-refractivity contribution is 5.91. The Kier molecular flexibility index (Phi) is 9.21. The van der Waals surface area contributed by atoms with Crippen LogP contribution in [0.25, 0.3) is 11.5 Å². The molecular formula is C42H44O4. The molecule has 4 aromatic rings. The van der Waals surface area contributed by atoms with E-state index in [0.29, 0.717) is 11.5 Å². The number of esters is 2. The van der Waals surface area contributed by atoms with Crippen LogP contribution >= 0.6 is 0 Å². The standard InChI is InChI=1S/C42H44O4/c1-27-19-23-29(24-20-27)33-34(30-25-21-28(2)22-26-30)36(38(32-17-13-10-14-18-32)46-40(44)42(6,7)8)35(33)37(31-15-11-9-12-16-31)45-39(43)41(3,4)5/h9-26,33-34H,1-8H3/b37-35-,38-36-/t33-,34-/m0/s1. The van der Waals surface area contributed by atoms with Crippen LogP contribution < -0.4 is 0 Å². The van der Waals surface area contributed by atoms with E-state index in [0.717, 1.165) is 44.5 Å². The van der Waals surface area contributed by atoms with Gasteiger partial charge in [-0.1, -0.05) is 120 Å². The highest BCUT2D eigenvalue weighted by Crippen LogP contribution is 2.62. The monoisotopic (exact) mass is 612 g/mol. The third kappa shape index (κ3) is 6.92. The summed E-state index contributed by atoms with van der Waals surface area (Å²) in [6, 6.07) is 36.6. The number of benzene rings is 4. The van der Waals surface area contributed by atoms with Crippen molar-refractivity contribution in [2.75, 3.05) is 0 Å². The predicted octanol–water partition coefficient (Wildman–Crippen LogP) is 10.2. The molecule has 4 aromatic carbocycles. The lowest BCUT2D eigenvalue weighted by molar-refractivity contribution is -0.146. The van der Waals surface area contributed by atoms with Gasteiger partial charge in [0.05, 0.1) is 10.8 Å². The van der Waals surface area contributed by atoms with Crippen LogP contribution in [0.4, 0.5) is 0 Å². The molecule has 236 valence electrons. The van der Waals surface area contributed by atoms with Gasteiger partial charge < -0.3 is 9.47 Å². The Labute approximate surface area is 273 Å². The maximum Gasteiger partial charge on any atom is 0.316 e. The van der Waals surface area contributed by atoms with Crippen molar-refractivity contribution in [2.45, 2.75) is 67.2 Å². The van der Waals surface area contributed by atoms with Crippen LogP contribution in [0.1, 0.15) is 86.8 Å². The molecule has 0 heterocycles. The summed E-state index contributed by atoms with van der Waals surface area (Å²) in [5.74, 6) is -0.101. The fourth-order valence-corrected chi connectivity index (χ4v) is 5.57. The molecule has 0 aliphatic heterocycles. The maximum absolute atomic E-state index is 13.7. The van der Waals surface area contributed by atoms with Crippen LogP contribution in [0, 0.1) is 24.7 Å². The van der Waals surface area contributed by atoms with E-state index in [9.17, 15) is 9.59 Å². The van der Waals surface area contributed by atoms with Gasteiger partial charge in [0.25, 0.3) is 0 Å². The summed E-state index contributed by atoms with van der Waals surface area (Å²) >= 11 is 0. The number of rotatable bonds is 6. The molecule has 1 saturated carbocycles. The van der Waals surface area contributed by atoms with Crippen molar-refractivity contribution in [1.82, 2.24) is 0 Å². The van der Waals surface area contributed by atoms with E-state index in [2.05, 4.69) is 62.4 Å². The lowest BCUT2D eigenvalue weighted by Crippen LogP contribution is -2.34. The lowest BCUT2D eigenvalue weighted by Gasteiger charge is -2.45. The molecule has 2 atom stereocenters. The van der Waals surface area contributed by atoms with Crippen molar-refractivity contribution in [3.8, 4) is 0 Å². The molecule has 1 fully saturated rings. The average Bonchev–Trinajstić information content (AvgIpc) is 3.01. The first-order chi connectivity index (χ1) is 21.8. The molecule has 0 unspecified atom stereocenters. The second-order valence-electron chi connectivity index (χ2n) is 14.3. The summed E-state index contributed by atoms with van der Waals surface area (Å²) in [5, 5.41) is 0. The van der Waals surface area contributed by atoms with Gasteiger partial charge in [0.2, 0.25) is 0 Å². The largest absolute Gasteiger partial charge is 0.425 e. The van der Waals surface area contributed by atoms with Gasteiger partial charge in [0.1, 0.15) is 11.5 Å². The zero-order chi connectivity index (χ0) is 33.2. The highest BCUT2D eigenvalue weighted by atomic mass is 16.5. The molecule has 1 aliphatic carbocycles. The molecule has 0 spiro atoms. The van der Waals surface area contributed by atoms with Gasteiger partial charge in [0.15, 0.2) is 0 Å². The zero-order valence-corrected chi connectivity index (χ0v) is 28.2. The lowest BCUT2D eigenvalue weighted by atomic mass is 9.58. The molecule has 0 aromatic heterocycles. The maximum atomic E-state index is 13.7. The highest BCUT2D eigenvalue weighted by Gasteiger charge is 2.49. The molecule has 5 rings (SSSR count). The number of allylic oxidation sites excluding steroid dienone is 2. The molecule has 0 N–H and O–H groups in total. The molecule has 0 radical (unpaired) electrons. The first kappa shape index (κ1) is 32.7. The molecule has 0 bridgehead atoms. The van der Waals surface area contributed by atoms with Crippen LogP contribution in [0.15, 0.2) is 120 Å². The Hall–Kier alpha value is -4.70. The van der Waals surface area contributed by atoms with Crippen LogP contribution in [-0.2, 0) is 19.1 Å². The van der Waals surface area contributed by atoms with E-state index in [4.69, 9.17) is 9.47 Å². The van der Waals surface area contributed by atoms with Gasteiger partial charge in [-0.25, -0.2) is 0 Å². The minimum atomic E-state index is -0.745. The quantitative estimate of drug-likeness (QED) is 0.161. The van der Waals surface area contributed by atoms with Crippen LogP contribution in [0.3, 0.4) is 0 Å². The Morgan fingerprint density at radius 3 is 1.07 bits per heavy atom. The number of carbonyl (C=O) groups is 2. The Balaban J connectivity index is 1.92. The Morgan fingerprint density at radius 1 is 0.478 bits per heavy atom. The molecule has 46 heavy (non-hydrogen) atoms. The fourth-order valence-electron chi connectivity index (χ4n) is 5.57. The van der Waals surface area contributed by atoms with Gasteiger partial charge in [-0.2, -0.15) is 0 Å². The van der Waals surface area contributed by atoms with Gasteiger partial charge in [-0.3, -0.25) is 9.59 Å². The van der Waals surface area contributed by atoms with Gasteiger partial charge in [-0.15, -0.1) is 0 Å². The summed E-state index contributed by atoms with van der Waals surface area (Å²) < 4.78 is 12.9. The summed E-state index contributed by atoms with van der Waals surface area (Å²) in [6.45, 7) is 15.3. The van der Waals surface area contributed by atoms with Crippen molar-refractivity contribution >= 4 is 23.5 Å². The third-order valence-electron chi connectivity index (χ3n) is 8.29. The third-order valence-corrected chi connectivity index (χ3v) is 8.29. The molecule has 4 heteroatoms. The second-order valence-corrected chi connectivity index (χ2v) is 14.3. The number of carbonyl (C=O) groups excluding carboxylic acids is 2. The fraction of sp³-hybridized carbons (Fsp3) is 0.286. The van der Waals surface area contributed by atoms with E-state index in [-0.39, 0.29) is 23.8 Å². The number of ether oxygens (including phenoxy) is 2. The smallest absolute Gasteiger partial charge is 0.316 e. The summed E-state index contributed by atoms with van der Waals surface area (Å²) in [4.78, 5) is 27.3. The molecule has 1 aliphatic rings. The normalized spacial score (nSPS) is 18.7. The number of aryl methyl sites for hydroxylation is 2. The van der Waals surface area contributed by atoms with Crippen LogP contribution in [0.5, 0.6) is 0 Å². The molecule has 4 nitrogen and oxygen atoms in total. The van der Waals surface area contributed by atoms with E-state index < -0.39 is 10.8 Å². The first-order valence-corrected chi connectivity index (χ1v) is 15.9. The Morgan fingerprint density at radius 2 is 0.783 bits per heavy atom. The van der Waals surface area contributed by atoms with Crippen molar-refractivity contribution in [3.05, 3.63) is 154 Å².